The van der Waals surface area contributed by atoms with Gasteiger partial charge in [-0.2, -0.15) is 8.42 Å². The number of nitrogens with zero attached hydrogens (tertiary/aromatic N) is 1. The van der Waals surface area contributed by atoms with Crippen molar-refractivity contribution in [1.82, 2.24) is 4.73 Å². The number of alkyl halides is 3. The molecule has 0 fully saturated rings. The van der Waals surface area contributed by atoms with E-state index in [0.29, 0.717) is 10.3 Å². The molecule has 1 heterocycles. The summed E-state index contributed by atoms with van der Waals surface area (Å²) in [5.41, 5.74) is 0.947. The molecule has 0 bridgehead atoms. The predicted molar refractivity (Wildman–Crippen MR) is 96.6 cm³/mol. The number of halogens is 3. The Bertz CT molecular complexity index is 916. The van der Waals surface area contributed by atoms with Gasteiger partial charge in [-0.1, -0.05) is 71.2 Å². The molecule has 0 N–H and O–H groups in total. The summed E-state index contributed by atoms with van der Waals surface area (Å²) < 4.78 is 26.3. The van der Waals surface area contributed by atoms with Crippen LogP contribution in [0.4, 0.5) is 0 Å². The number of aromatic nitrogens is 1. The molecule has 0 aliphatic carbocycles. The van der Waals surface area contributed by atoms with Gasteiger partial charge in [0, 0.05) is 6.07 Å². The first-order chi connectivity index (χ1) is 11.1. The lowest BCUT2D eigenvalue weighted by Gasteiger charge is -2.15. The monoisotopic (exact) mass is 407 g/mol. The van der Waals surface area contributed by atoms with E-state index in [0.717, 1.165) is 5.56 Å². The van der Waals surface area contributed by atoms with E-state index in [-0.39, 0.29) is 5.69 Å². The second kappa shape index (κ2) is 7.19. The number of aryl methyl sites for hydroxylation is 1. The summed E-state index contributed by atoms with van der Waals surface area (Å²) in [6.07, 6.45) is 3.22. The summed E-state index contributed by atoms with van der Waals surface area (Å²) in [7, 11) is -4.67. The Morgan fingerprint density at radius 2 is 1.71 bits per heavy atom. The highest BCUT2D eigenvalue weighted by molar-refractivity contribution is 7.93. The van der Waals surface area contributed by atoms with E-state index in [1.807, 2.05) is 30.3 Å². The molecule has 0 amide bonds. The minimum Gasteiger partial charge on any atom is -0.281 e. The highest BCUT2D eigenvalue weighted by Gasteiger charge is 2.41. The molecular weight excluding hydrogens is 397 g/mol. The van der Waals surface area contributed by atoms with Crippen molar-refractivity contribution in [2.45, 2.75) is 10.0 Å². The second-order valence-corrected chi connectivity index (χ2v) is 9.43. The average Bonchev–Trinajstić information content (AvgIpc) is 2.48. The van der Waals surface area contributed by atoms with Gasteiger partial charge in [0.1, 0.15) is 0 Å². The lowest BCUT2D eigenvalue weighted by Crippen LogP contribution is -2.37. The Labute approximate surface area is 154 Å². The van der Waals surface area contributed by atoms with E-state index in [4.69, 9.17) is 39.1 Å². The topological polar surface area (TPSA) is 65.4 Å². The predicted octanol–water partition coefficient (Wildman–Crippen LogP) is 3.41. The summed E-state index contributed by atoms with van der Waals surface area (Å²) >= 11 is 16.1. The van der Waals surface area contributed by atoms with Crippen LogP contribution in [-0.4, -0.2) is 16.3 Å². The van der Waals surface area contributed by atoms with Crippen LogP contribution < -0.4 is 9.84 Å². The molecule has 0 aliphatic heterocycles. The maximum atomic E-state index is 12.1. The molecule has 0 unspecified atom stereocenters. The zero-order valence-corrected chi connectivity index (χ0v) is 15.4. The normalized spacial score (nSPS) is 12.5. The van der Waals surface area contributed by atoms with Crippen LogP contribution in [0.1, 0.15) is 16.8 Å². The fourth-order valence-corrected chi connectivity index (χ4v) is 2.49. The Balaban J connectivity index is 2.49. The SMILES string of the molecule is Cc1cc(/C=C/c2ccccc2)n(OS(=O)(=O)C(Cl)(Cl)Cl)c(=O)c1. The zero-order chi connectivity index (χ0) is 18.0. The van der Waals surface area contributed by atoms with Gasteiger partial charge >= 0.3 is 13.2 Å². The minimum absolute atomic E-state index is 0.182. The van der Waals surface area contributed by atoms with Crippen LogP contribution in [0.25, 0.3) is 12.2 Å². The Morgan fingerprint density at radius 3 is 2.29 bits per heavy atom. The van der Waals surface area contributed by atoms with Gasteiger partial charge in [-0.25, -0.2) is 0 Å². The standard InChI is InChI=1S/C15H12Cl3NO4S/c1-11-9-13(8-7-12-5-3-2-4-6-12)19(14(20)10-11)23-24(21,22)15(16,17)18/h2-10H,1H3/b8-7+. The second-order valence-electron chi connectivity index (χ2n) is 4.81. The van der Waals surface area contributed by atoms with Gasteiger partial charge in [0.2, 0.25) is 0 Å². The number of benzene rings is 1. The average molecular weight is 409 g/mol. The first kappa shape index (κ1) is 18.9. The number of pyridine rings is 1. The van der Waals surface area contributed by atoms with Crippen LogP contribution in [0.15, 0.2) is 47.3 Å². The molecule has 0 aliphatic rings. The van der Waals surface area contributed by atoms with Gasteiger partial charge in [-0.3, -0.25) is 9.08 Å². The minimum atomic E-state index is -4.67. The summed E-state index contributed by atoms with van der Waals surface area (Å²) in [5, 5.41) is 0. The molecule has 128 valence electrons. The molecular formula is C15H12Cl3NO4S. The lowest BCUT2D eigenvalue weighted by molar-refractivity contribution is 0.264. The van der Waals surface area contributed by atoms with Crippen LogP contribution in [-0.2, 0) is 10.1 Å². The van der Waals surface area contributed by atoms with Crippen molar-refractivity contribution in [1.29, 1.82) is 0 Å². The highest BCUT2D eigenvalue weighted by atomic mass is 35.6. The van der Waals surface area contributed by atoms with Crippen LogP contribution in [0.5, 0.6) is 0 Å². The molecule has 24 heavy (non-hydrogen) atoms. The third-order valence-corrected chi connectivity index (χ3v) is 5.48. The Hall–Kier alpha value is -1.47. The van der Waals surface area contributed by atoms with Gasteiger partial charge in [0.15, 0.2) is 0 Å². The summed E-state index contributed by atoms with van der Waals surface area (Å²) in [6.45, 7) is 1.69. The van der Waals surface area contributed by atoms with Crippen LogP contribution in [0, 0.1) is 6.92 Å². The molecule has 0 atom stereocenters. The smallest absolute Gasteiger partial charge is 0.281 e. The van der Waals surface area contributed by atoms with Crippen molar-refractivity contribution in [2.75, 3.05) is 0 Å². The van der Waals surface area contributed by atoms with Gasteiger partial charge in [0.25, 0.3) is 5.56 Å². The van der Waals surface area contributed by atoms with E-state index in [2.05, 4.69) is 0 Å². The lowest BCUT2D eigenvalue weighted by atomic mass is 10.2. The van der Waals surface area contributed by atoms with Gasteiger partial charge in [0.05, 0.1) is 5.69 Å². The summed E-state index contributed by atoms with van der Waals surface area (Å²) in [6, 6.07) is 12.0. The first-order valence-electron chi connectivity index (χ1n) is 6.58. The molecule has 5 nitrogen and oxygen atoms in total. The van der Waals surface area contributed by atoms with Gasteiger partial charge in [-0.05, 0) is 30.2 Å². The van der Waals surface area contributed by atoms with Crippen LogP contribution in [0.3, 0.4) is 0 Å². The third-order valence-electron chi connectivity index (χ3n) is 2.86. The van der Waals surface area contributed by atoms with Gasteiger partial charge < -0.3 is 0 Å². The molecule has 2 rings (SSSR count). The first-order valence-corrected chi connectivity index (χ1v) is 9.12. The number of hydrogen-bond acceptors (Lipinski definition) is 4. The third kappa shape index (κ3) is 4.54. The molecule has 2 aromatic rings. The zero-order valence-electron chi connectivity index (χ0n) is 12.3. The quantitative estimate of drug-likeness (QED) is 0.727. The number of hydrogen-bond donors (Lipinski definition) is 0. The van der Waals surface area contributed by atoms with E-state index in [1.54, 1.807) is 19.1 Å². The maximum absolute atomic E-state index is 12.1. The van der Waals surface area contributed by atoms with Crippen molar-refractivity contribution >= 4 is 57.1 Å². The molecule has 0 radical (unpaired) electrons. The van der Waals surface area contributed by atoms with Crippen molar-refractivity contribution < 1.29 is 12.7 Å². The highest BCUT2D eigenvalue weighted by Crippen LogP contribution is 2.32. The molecule has 1 aromatic carbocycles. The number of rotatable bonds is 4. The molecule has 0 spiro atoms. The van der Waals surface area contributed by atoms with Crippen molar-refractivity contribution in [3.8, 4) is 0 Å². The Morgan fingerprint density at radius 1 is 1.08 bits per heavy atom. The Kier molecular flexibility index (Phi) is 5.65. The fraction of sp³-hybridized carbons (Fsp3) is 0.133. The van der Waals surface area contributed by atoms with Crippen molar-refractivity contribution in [2.24, 2.45) is 0 Å². The molecule has 0 saturated heterocycles. The van der Waals surface area contributed by atoms with E-state index >= 15 is 0 Å². The van der Waals surface area contributed by atoms with Crippen molar-refractivity contribution in [3.05, 3.63) is 69.6 Å². The maximum Gasteiger partial charge on any atom is 0.376 e. The van der Waals surface area contributed by atoms with E-state index < -0.39 is 18.8 Å². The van der Waals surface area contributed by atoms with E-state index in [1.165, 1.54) is 12.1 Å². The van der Waals surface area contributed by atoms with Crippen molar-refractivity contribution in [3.63, 3.8) is 0 Å². The van der Waals surface area contributed by atoms with E-state index in [9.17, 15) is 13.2 Å². The molecule has 9 heteroatoms. The fourth-order valence-electron chi connectivity index (χ4n) is 1.80. The summed E-state index contributed by atoms with van der Waals surface area (Å²) in [4.78, 5) is 12.1. The van der Waals surface area contributed by atoms with Crippen LogP contribution >= 0.6 is 34.8 Å². The molecule has 0 saturated carbocycles. The largest absolute Gasteiger partial charge is 0.376 e. The molecule has 1 aromatic heterocycles. The van der Waals surface area contributed by atoms with Gasteiger partial charge in [-0.15, -0.1) is 4.73 Å². The summed E-state index contributed by atoms with van der Waals surface area (Å²) in [5.74, 6) is 0. The van der Waals surface area contributed by atoms with Crippen LogP contribution in [0.2, 0.25) is 0 Å².